The largest absolute Gasteiger partial charge is 0.343 e. The van der Waals surface area contributed by atoms with Crippen LogP contribution in [0.3, 0.4) is 0 Å². The van der Waals surface area contributed by atoms with Crippen molar-refractivity contribution in [3.05, 3.63) is 42.2 Å². The number of amides is 3. The minimum Gasteiger partial charge on any atom is -0.343 e. The Morgan fingerprint density at radius 1 is 1.10 bits per heavy atom. The van der Waals surface area contributed by atoms with Crippen molar-refractivity contribution in [2.45, 2.75) is 33.2 Å². The summed E-state index contributed by atoms with van der Waals surface area (Å²) in [4.78, 5) is 35.3. The first-order valence-electron chi connectivity index (χ1n) is 8.91. The summed E-state index contributed by atoms with van der Waals surface area (Å²) in [5.74, 6) is -1.23. The van der Waals surface area contributed by atoms with E-state index >= 15 is 0 Å². The fraction of sp³-hybridized carbons (Fsp3) is 0.400. The van der Waals surface area contributed by atoms with Gasteiger partial charge in [-0.1, -0.05) is 7.43 Å². The molecule has 1 aliphatic rings. The highest BCUT2D eigenvalue weighted by Gasteiger charge is 2.26. The molecular weight excluding hydrogens is 380 g/mol. The molecule has 1 aromatic heterocycles. The van der Waals surface area contributed by atoms with E-state index in [1.165, 1.54) is 12.4 Å². The van der Waals surface area contributed by atoms with Gasteiger partial charge in [-0.25, -0.2) is 23.5 Å². The number of piperidine rings is 1. The molecule has 2 aromatic rings. The molecule has 1 fully saturated rings. The minimum absolute atomic E-state index is 0. The summed E-state index contributed by atoms with van der Waals surface area (Å²) < 4.78 is 26.6. The van der Waals surface area contributed by atoms with E-state index in [1.54, 1.807) is 23.8 Å². The van der Waals surface area contributed by atoms with E-state index in [0.717, 1.165) is 18.2 Å². The molecule has 9 heteroatoms. The Labute approximate surface area is 168 Å². The van der Waals surface area contributed by atoms with Crippen LogP contribution in [0.25, 0.3) is 11.4 Å². The van der Waals surface area contributed by atoms with Crippen molar-refractivity contribution < 1.29 is 18.4 Å². The van der Waals surface area contributed by atoms with Crippen molar-refractivity contribution >= 4 is 17.6 Å². The number of nitrogens with zero attached hydrogens (tertiary/aromatic N) is 4. The topological polar surface area (TPSA) is 78.4 Å². The van der Waals surface area contributed by atoms with E-state index in [1.807, 2.05) is 0 Å². The van der Waals surface area contributed by atoms with Crippen molar-refractivity contribution in [3.8, 4) is 11.4 Å². The molecule has 0 radical (unpaired) electrons. The van der Waals surface area contributed by atoms with Crippen LogP contribution >= 0.6 is 0 Å². The van der Waals surface area contributed by atoms with Crippen molar-refractivity contribution in [2.75, 3.05) is 25.5 Å². The highest BCUT2D eigenvalue weighted by molar-refractivity contribution is 5.89. The molecule has 0 aliphatic carbocycles. The van der Waals surface area contributed by atoms with Crippen LogP contribution in [0.5, 0.6) is 0 Å². The van der Waals surface area contributed by atoms with Gasteiger partial charge in [0, 0.05) is 44.7 Å². The Kier molecular flexibility index (Phi) is 7.19. The van der Waals surface area contributed by atoms with E-state index in [-0.39, 0.29) is 36.8 Å². The van der Waals surface area contributed by atoms with Crippen molar-refractivity contribution in [3.63, 3.8) is 0 Å². The highest BCUT2D eigenvalue weighted by atomic mass is 19.1. The summed E-state index contributed by atoms with van der Waals surface area (Å²) in [6.07, 6.45) is 4.19. The van der Waals surface area contributed by atoms with Crippen LogP contribution in [0.2, 0.25) is 0 Å². The summed E-state index contributed by atoms with van der Waals surface area (Å²) >= 11 is 0. The zero-order valence-corrected chi connectivity index (χ0v) is 15.7. The van der Waals surface area contributed by atoms with Gasteiger partial charge in [-0.05, 0) is 25.0 Å². The number of urea groups is 1. The summed E-state index contributed by atoms with van der Waals surface area (Å²) in [5, 5.41) is 2.71. The predicted molar refractivity (Wildman–Crippen MR) is 106 cm³/mol. The minimum atomic E-state index is -0.714. The normalized spacial score (nSPS) is 14.1. The van der Waals surface area contributed by atoms with Gasteiger partial charge in [-0.3, -0.25) is 4.79 Å². The number of rotatable bonds is 3. The first-order valence-corrected chi connectivity index (χ1v) is 8.91. The molecular formula is C20H25F2N5O2. The summed E-state index contributed by atoms with van der Waals surface area (Å²) in [6, 6.07) is 2.77. The monoisotopic (exact) mass is 405 g/mol. The number of halogens is 2. The molecule has 0 atom stereocenters. The standard InChI is InChI=1S/C19H21F2N5O2.CH4/c1-12(27)26-5-3-17(4-6-26)25(2)19(28)24-16-10-22-18(23-11-16)13-7-14(20)9-15(21)8-13;/h7-11,17H,3-6H2,1-2H3,(H,24,28);1H4. The molecule has 29 heavy (non-hydrogen) atoms. The Morgan fingerprint density at radius 3 is 2.17 bits per heavy atom. The van der Waals surface area contributed by atoms with Gasteiger partial charge in [0.1, 0.15) is 11.6 Å². The van der Waals surface area contributed by atoms with Gasteiger partial charge in [0.15, 0.2) is 5.82 Å². The summed E-state index contributed by atoms with van der Waals surface area (Å²) in [6.45, 7) is 2.79. The van der Waals surface area contributed by atoms with Crippen molar-refractivity contribution in [2.24, 2.45) is 0 Å². The lowest BCUT2D eigenvalue weighted by Gasteiger charge is -2.36. The third-order valence-electron chi connectivity index (χ3n) is 4.80. The number of aromatic nitrogens is 2. The van der Waals surface area contributed by atoms with Crippen LogP contribution in [0.15, 0.2) is 30.6 Å². The number of benzene rings is 1. The maximum atomic E-state index is 13.3. The Balaban J connectivity index is 0.00000300. The lowest BCUT2D eigenvalue weighted by molar-refractivity contribution is -0.130. The lowest BCUT2D eigenvalue weighted by atomic mass is 10.0. The molecule has 1 N–H and O–H groups in total. The van der Waals surface area contributed by atoms with Gasteiger partial charge >= 0.3 is 6.03 Å². The van der Waals surface area contributed by atoms with Crippen LogP contribution in [0.4, 0.5) is 19.3 Å². The molecule has 0 bridgehead atoms. The SMILES string of the molecule is C.CC(=O)N1CCC(N(C)C(=O)Nc2cnc(-c3cc(F)cc(F)c3)nc2)CC1. The van der Waals surface area contributed by atoms with E-state index < -0.39 is 11.6 Å². The van der Waals surface area contributed by atoms with Crippen LogP contribution in [-0.4, -0.2) is 57.9 Å². The number of nitrogens with one attached hydrogen (secondary N) is 1. The van der Waals surface area contributed by atoms with Crippen LogP contribution in [0.1, 0.15) is 27.2 Å². The van der Waals surface area contributed by atoms with Gasteiger partial charge in [0.2, 0.25) is 5.91 Å². The zero-order valence-electron chi connectivity index (χ0n) is 15.7. The molecule has 3 rings (SSSR count). The first-order chi connectivity index (χ1) is 13.3. The van der Waals surface area contributed by atoms with E-state index in [2.05, 4.69) is 15.3 Å². The zero-order chi connectivity index (χ0) is 20.3. The molecule has 156 valence electrons. The number of likely N-dealkylation sites (tertiary alicyclic amines) is 1. The smallest absolute Gasteiger partial charge is 0.321 e. The number of hydrogen-bond acceptors (Lipinski definition) is 4. The molecule has 1 aromatic carbocycles. The van der Waals surface area contributed by atoms with Crippen LogP contribution in [-0.2, 0) is 4.79 Å². The van der Waals surface area contributed by atoms with Crippen LogP contribution in [0, 0.1) is 11.6 Å². The third-order valence-corrected chi connectivity index (χ3v) is 4.80. The lowest BCUT2D eigenvalue weighted by Crippen LogP contribution is -2.47. The maximum Gasteiger partial charge on any atom is 0.321 e. The Hall–Kier alpha value is -3.10. The maximum absolute atomic E-state index is 13.3. The number of carbonyl (C=O) groups excluding carboxylic acids is 2. The summed E-state index contributed by atoms with van der Waals surface area (Å²) in [7, 11) is 1.70. The second-order valence-corrected chi connectivity index (χ2v) is 6.73. The molecule has 0 unspecified atom stereocenters. The number of hydrogen-bond donors (Lipinski definition) is 1. The third kappa shape index (κ3) is 5.46. The molecule has 0 spiro atoms. The molecule has 3 amide bonds. The highest BCUT2D eigenvalue weighted by Crippen LogP contribution is 2.20. The summed E-state index contributed by atoms with van der Waals surface area (Å²) in [5.41, 5.74) is 0.586. The molecule has 0 saturated carbocycles. The van der Waals surface area contributed by atoms with Crippen molar-refractivity contribution in [1.82, 2.24) is 19.8 Å². The van der Waals surface area contributed by atoms with E-state index in [0.29, 0.717) is 31.6 Å². The van der Waals surface area contributed by atoms with Gasteiger partial charge in [0.25, 0.3) is 0 Å². The van der Waals surface area contributed by atoms with E-state index in [4.69, 9.17) is 0 Å². The quantitative estimate of drug-likeness (QED) is 0.847. The van der Waals surface area contributed by atoms with Crippen LogP contribution < -0.4 is 5.32 Å². The fourth-order valence-corrected chi connectivity index (χ4v) is 3.17. The van der Waals surface area contributed by atoms with Gasteiger partial charge in [0.05, 0.1) is 18.1 Å². The average Bonchev–Trinajstić information content (AvgIpc) is 2.67. The molecule has 1 saturated heterocycles. The van der Waals surface area contributed by atoms with Crippen molar-refractivity contribution in [1.29, 1.82) is 0 Å². The number of anilines is 1. The van der Waals surface area contributed by atoms with Gasteiger partial charge in [-0.2, -0.15) is 0 Å². The fourth-order valence-electron chi connectivity index (χ4n) is 3.17. The number of carbonyl (C=O) groups is 2. The molecule has 7 nitrogen and oxygen atoms in total. The molecule has 2 heterocycles. The second-order valence-electron chi connectivity index (χ2n) is 6.73. The van der Waals surface area contributed by atoms with E-state index in [9.17, 15) is 18.4 Å². The second kappa shape index (κ2) is 9.40. The predicted octanol–water partition coefficient (Wildman–Crippen LogP) is 3.53. The average molecular weight is 405 g/mol. The van der Waals surface area contributed by atoms with Gasteiger partial charge < -0.3 is 15.1 Å². The first kappa shape index (κ1) is 22.2. The molecule has 1 aliphatic heterocycles. The Morgan fingerprint density at radius 2 is 1.66 bits per heavy atom. The van der Waals surface area contributed by atoms with Gasteiger partial charge in [-0.15, -0.1) is 0 Å². The Bertz CT molecular complexity index is 847.